The molecule has 38 heavy (non-hydrogen) atoms. The Morgan fingerprint density at radius 2 is 1.74 bits per heavy atom. The van der Waals surface area contributed by atoms with Gasteiger partial charge in [-0.1, -0.05) is 11.6 Å². The zero-order chi connectivity index (χ0) is 27.7. The number of carbonyl (C=O) groups excluding carboxylic acids is 1. The highest BCUT2D eigenvalue weighted by molar-refractivity contribution is 7.88. The Morgan fingerprint density at radius 3 is 2.34 bits per heavy atom. The molecule has 1 aliphatic rings. The van der Waals surface area contributed by atoms with E-state index in [2.05, 4.69) is 9.62 Å². The summed E-state index contributed by atoms with van der Waals surface area (Å²) in [6, 6.07) is 8.63. The third kappa shape index (κ3) is 9.34. The first-order valence-electron chi connectivity index (χ1n) is 12.7. The van der Waals surface area contributed by atoms with Crippen molar-refractivity contribution in [3.05, 3.63) is 46.5 Å². The van der Waals surface area contributed by atoms with Crippen molar-refractivity contribution in [3.63, 3.8) is 0 Å². The number of benzene rings is 2. The number of rotatable bonds is 14. The number of hydrogen-bond donors (Lipinski definition) is 2. The summed E-state index contributed by atoms with van der Waals surface area (Å²) in [5.41, 5.74) is 7.58. The minimum absolute atomic E-state index is 0.0457. The molecule has 1 heterocycles. The van der Waals surface area contributed by atoms with Crippen molar-refractivity contribution < 1.29 is 27.4 Å². The Balaban J connectivity index is 1.51. The number of halogens is 1. The summed E-state index contributed by atoms with van der Waals surface area (Å²) in [5.74, 6) is 2.00. The maximum Gasteiger partial charge on any atom is 0.208 e. The monoisotopic (exact) mass is 567 g/mol. The second-order valence-corrected chi connectivity index (χ2v) is 11.9. The molecular formula is C27H38ClN3O6S. The number of piperidine rings is 1. The summed E-state index contributed by atoms with van der Waals surface area (Å²) in [6.07, 6.45) is 5.12. The summed E-state index contributed by atoms with van der Waals surface area (Å²) in [7, 11) is 0.0144. The Labute approximate surface area is 230 Å². The third-order valence-electron chi connectivity index (χ3n) is 6.67. The van der Waals surface area contributed by atoms with E-state index in [-0.39, 0.29) is 12.4 Å². The lowest BCUT2D eigenvalue weighted by Gasteiger charge is -2.31. The minimum atomic E-state index is -3.15. The van der Waals surface area contributed by atoms with Gasteiger partial charge in [-0.2, -0.15) is 0 Å². The maximum atomic E-state index is 13.1. The van der Waals surface area contributed by atoms with Crippen LogP contribution in [-0.2, 0) is 16.6 Å². The lowest BCUT2D eigenvalue weighted by molar-refractivity contribution is 0.0972. The molecular weight excluding hydrogens is 530 g/mol. The van der Waals surface area contributed by atoms with Gasteiger partial charge in [0.25, 0.3) is 0 Å². The Bertz CT molecular complexity index is 1180. The Kier molecular flexibility index (Phi) is 11.1. The molecule has 3 N–H and O–H groups in total. The molecule has 0 atom stereocenters. The van der Waals surface area contributed by atoms with Gasteiger partial charge in [0, 0.05) is 25.1 Å². The number of carbonyl (C=O) groups is 1. The van der Waals surface area contributed by atoms with Gasteiger partial charge >= 0.3 is 0 Å². The molecule has 0 aromatic heterocycles. The molecule has 0 spiro atoms. The summed E-state index contributed by atoms with van der Waals surface area (Å²) >= 11 is 6.24. The normalized spacial score (nSPS) is 14.8. The quantitative estimate of drug-likeness (QED) is 0.199. The lowest BCUT2D eigenvalue weighted by Crippen LogP contribution is -2.38. The average Bonchev–Trinajstić information content (AvgIpc) is 2.90. The van der Waals surface area contributed by atoms with E-state index < -0.39 is 10.0 Å². The SMILES string of the molecule is COc1cc(COc2cc(N)c(Cl)cc2C(=O)CCCCN2CCC(CNS(C)(=O)=O)CC2)cc(OC)c1. The van der Waals surface area contributed by atoms with Gasteiger partial charge < -0.3 is 24.8 Å². The number of methoxy groups -OCH3 is 2. The molecule has 3 rings (SSSR count). The van der Waals surface area contributed by atoms with Gasteiger partial charge in [0.15, 0.2) is 5.78 Å². The van der Waals surface area contributed by atoms with Crippen LogP contribution in [0.15, 0.2) is 30.3 Å². The molecule has 0 unspecified atom stereocenters. The van der Waals surface area contributed by atoms with Crippen molar-refractivity contribution in [2.24, 2.45) is 5.92 Å². The number of nitrogen functional groups attached to an aromatic ring is 1. The fraction of sp³-hybridized carbons (Fsp3) is 0.519. The molecule has 0 bridgehead atoms. The highest BCUT2D eigenvalue weighted by Gasteiger charge is 2.20. The van der Waals surface area contributed by atoms with Gasteiger partial charge in [0.1, 0.15) is 23.9 Å². The van der Waals surface area contributed by atoms with Crippen LogP contribution in [0.2, 0.25) is 5.02 Å². The summed E-state index contributed by atoms with van der Waals surface area (Å²) in [4.78, 5) is 15.5. The van der Waals surface area contributed by atoms with Crippen LogP contribution in [0.4, 0.5) is 5.69 Å². The van der Waals surface area contributed by atoms with Crippen molar-refractivity contribution >= 4 is 33.1 Å². The van der Waals surface area contributed by atoms with Crippen LogP contribution >= 0.6 is 11.6 Å². The van der Waals surface area contributed by atoms with E-state index >= 15 is 0 Å². The predicted molar refractivity (Wildman–Crippen MR) is 150 cm³/mol. The van der Waals surface area contributed by atoms with Gasteiger partial charge in [-0.25, -0.2) is 13.1 Å². The van der Waals surface area contributed by atoms with Crippen LogP contribution in [0.25, 0.3) is 0 Å². The Morgan fingerprint density at radius 1 is 1.08 bits per heavy atom. The fourth-order valence-electron chi connectivity index (χ4n) is 4.46. The largest absolute Gasteiger partial charge is 0.497 e. The first kappa shape index (κ1) is 30.0. The van der Waals surface area contributed by atoms with Crippen LogP contribution in [0.3, 0.4) is 0 Å². The predicted octanol–water partition coefficient (Wildman–Crippen LogP) is 4.13. The number of likely N-dealkylation sites (tertiary alicyclic amines) is 1. The summed E-state index contributed by atoms with van der Waals surface area (Å²) in [6.45, 7) is 3.48. The molecule has 1 aliphatic heterocycles. The number of sulfonamides is 1. The Hall–Kier alpha value is -2.53. The lowest BCUT2D eigenvalue weighted by atomic mass is 9.97. The molecule has 2 aromatic carbocycles. The maximum absolute atomic E-state index is 13.1. The van der Waals surface area contributed by atoms with Gasteiger partial charge in [-0.15, -0.1) is 0 Å². The zero-order valence-electron chi connectivity index (χ0n) is 22.3. The van der Waals surface area contributed by atoms with E-state index in [9.17, 15) is 13.2 Å². The van der Waals surface area contributed by atoms with E-state index in [0.717, 1.165) is 50.9 Å². The third-order valence-corrected chi connectivity index (χ3v) is 7.69. The molecule has 1 saturated heterocycles. The van der Waals surface area contributed by atoms with Crippen LogP contribution in [-0.4, -0.2) is 65.8 Å². The standard InChI is InChI=1S/C27H38ClN3O6S/c1-35-21-12-20(13-22(14-21)36-2)18-37-27-16-25(29)24(28)15-23(27)26(32)6-4-5-9-31-10-7-19(8-11-31)17-30-38(3,33)34/h12-16,19,30H,4-11,17-18,29H2,1-3H3. The highest BCUT2D eigenvalue weighted by atomic mass is 35.5. The second-order valence-electron chi connectivity index (χ2n) is 9.67. The molecule has 11 heteroatoms. The van der Waals surface area contributed by atoms with E-state index in [0.29, 0.717) is 52.4 Å². The zero-order valence-corrected chi connectivity index (χ0v) is 23.9. The second kappa shape index (κ2) is 14.0. The van der Waals surface area contributed by atoms with E-state index in [1.807, 2.05) is 12.1 Å². The number of nitrogens with two attached hydrogens (primary N) is 1. The van der Waals surface area contributed by atoms with E-state index in [4.69, 9.17) is 31.5 Å². The highest BCUT2D eigenvalue weighted by Crippen LogP contribution is 2.32. The first-order valence-corrected chi connectivity index (χ1v) is 15.0. The van der Waals surface area contributed by atoms with Crippen molar-refractivity contribution in [2.45, 2.75) is 38.7 Å². The van der Waals surface area contributed by atoms with Crippen molar-refractivity contribution in [3.8, 4) is 17.2 Å². The number of hydrogen-bond acceptors (Lipinski definition) is 8. The molecule has 9 nitrogen and oxygen atoms in total. The molecule has 0 aliphatic carbocycles. The number of nitrogens with one attached hydrogen (secondary N) is 1. The minimum Gasteiger partial charge on any atom is -0.497 e. The van der Waals surface area contributed by atoms with Gasteiger partial charge in [-0.3, -0.25) is 4.79 Å². The van der Waals surface area contributed by atoms with Crippen LogP contribution in [0, 0.1) is 5.92 Å². The molecule has 210 valence electrons. The van der Waals surface area contributed by atoms with Gasteiger partial charge in [-0.05, 0) is 75.0 Å². The van der Waals surface area contributed by atoms with E-state index in [1.165, 1.54) is 6.26 Å². The number of anilines is 1. The van der Waals surface area contributed by atoms with Gasteiger partial charge in [0.2, 0.25) is 10.0 Å². The van der Waals surface area contributed by atoms with Crippen molar-refractivity contribution in [1.82, 2.24) is 9.62 Å². The van der Waals surface area contributed by atoms with Crippen molar-refractivity contribution in [2.75, 3.05) is 52.4 Å². The number of nitrogens with zero attached hydrogens (tertiary/aromatic N) is 1. The summed E-state index contributed by atoms with van der Waals surface area (Å²) in [5, 5.41) is 0.317. The molecule has 0 amide bonds. The fourth-order valence-corrected chi connectivity index (χ4v) is 5.16. The van der Waals surface area contributed by atoms with Crippen molar-refractivity contribution in [1.29, 1.82) is 0 Å². The van der Waals surface area contributed by atoms with Crippen LogP contribution in [0.1, 0.15) is 48.0 Å². The summed E-state index contributed by atoms with van der Waals surface area (Å²) < 4.78 is 41.8. The number of ketones is 1. The molecule has 0 radical (unpaired) electrons. The first-order chi connectivity index (χ1) is 18.1. The van der Waals surface area contributed by atoms with Gasteiger partial charge in [0.05, 0.1) is 36.7 Å². The molecule has 1 fully saturated rings. The number of Topliss-reactive ketones (excluding diaryl/α,β-unsaturated/α-hetero) is 1. The van der Waals surface area contributed by atoms with E-state index in [1.54, 1.807) is 32.4 Å². The van der Waals surface area contributed by atoms with Crippen LogP contribution < -0.4 is 24.7 Å². The average molecular weight is 568 g/mol. The molecule has 2 aromatic rings. The smallest absolute Gasteiger partial charge is 0.208 e. The number of unbranched alkanes of at least 4 members (excludes halogenated alkanes) is 1. The number of ether oxygens (including phenoxy) is 3. The van der Waals surface area contributed by atoms with Crippen LogP contribution in [0.5, 0.6) is 17.2 Å². The topological polar surface area (TPSA) is 120 Å². The molecule has 0 saturated carbocycles.